The molecule has 10 heteroatoms. The van der Waals surface area contributed by atoms with Gasteiger partial charge in [-0.05, 0) is 50.5 Å². The predicted octanol–water partition coefficient (Wildman–Crippen LogP) is 11.4. The van der Waals surface area contributed by atoms with Crippen LogP contribution in [0.2, 0.25) is 0 Å². The highest BCUT2D eigenvalue weighted by Gasteiger charge is 2.22. The number of phosphoric acid groups is 1. The molecule has 0 saturated heterocycles. The molecule has 2 N–H and O–H groups in total. The van der Waals surface area contributed by atoms with Crippen molar-refractivity contribution < 1.29 is 42.7 Å². The molecule has 0 aromatic rings. The zero-order valence-corrected chi connectivity index (χ0v) is 33.8. The van der Waals surface area contributed by atoms with E-state index in [1.54, 1.807) is 12.2 Å². The highest BCUT2D eigenvalue weighted by Crippen LogP contribution is 2.36. The molecule has 0 saturated carbocycles. The van der Waals surface area contributed by atoms with Crippen molar-refractivity contribution in [3.63, 3.8) is 0 Å². The molecule has 0 heterocycles. The maximum Gasteiger partial charge on any atom is 0.469 e. The number of carbonyl (C=O) groups is 3. The van der Waals surface area contributed by atoms with Crippen LogP contribution in [0.25, 0.3) is 0 Å². The Kier molecular flexibility index (Phi) is 34.1. The van der Waals surface area contributed by atoms with E-state index in [1.165, 1.54) is 64.2 Å². The lowest BCUT2D eigenvalue weighted by molar-refractivity contribution is -0.161. The van der Waals surface area contributed by atoms with Crippen LogP contribution < -0.4 is 0 Å². The molecule has 0 aliphatic heterocycles. The lowest BCUT2D eigenvalue weighted by atomic mass is 10.0. The van der Waals surface area contributed by atoms with E-state index < -0.39 is 32.5 Å². The number of allylic oxidation sites excluding steroid dienone is 8. The summed E-state index contributed by atoms with van der Waals surface area (Å²) in [6.45, 7) is 5.81. The third-order valence-corrected chi connectivity index (χ3v) is 8.99. The van der Waals surface area contributed by atoms with Gasteiger partial charge < -0.3 is 19.3 Å². The van der Waals surface area contributed by atoms with Gasteiger partial charge in [-0.1, -0.05) is 160 Å². The number of hydrogen-bond donors (Lipinski definition) is 2. The van der Waals surface area contributed by atoms with Crippen LogP contribution in [0, 0.1) is 5.92 Å². The minimum Gasteiger partial charge on any atom is -0.462 e. The van der Waals surface area contributed by atoms with Gasteiger partial charge >= 0.3 is 19.8 Å². The maximum atomic E-state index is 12.4. The fraction of sp³-hybridized carbons (Fsp3) is 0.738. The molecular weight excluding hydrogens is 679 g/mol. The monoisotopic (exact) mass is 752 g/mol. The largest absolute Gasteiger partial charge is 0.469 e. The molecule has 0 aliphatic carbocycles. The summed E-state index contributed by atoms with van der Waals surface area (Å²) in [7, 11) is -4.78. The van der Waals surface area contributed by atoms with Gasteiger partial charge in [0.1, 0.15) is 6.61 Å². The van der Waals surface area contributed by atoms with Crippen molar-refractivity contribution in [2.75, 3.05) is 13.2 Å². The van der Waals surface area contributed by atoms with E-state index in [4.69, 9.17) is 19.3 Å². The third kappa shape index (κ3) is 38.9. The summed E-state index contributed by atoms with van der Waals surface area (Å²) in [5.41, 5.74) is 0. The molecular formula is C42H73O9P. The Balaban J connectivity index is 4.08. The van der Waals surface area contributed by atoms with Gasteiger partial charge in [0.25, 0.3) is 0 Å². The van der Waals surface area contributed by atoms with Crippen molar-refractivity contribution in [1.82, 2.24) is 0 Å². The molecule has 0 amide bonds. The number of hydrogen-bond acceptors (Lipinski definition) is 7. The van der Waals surface area contributed by atoms with Crippen molar-refractivity contribution in [2.45, 2.75) is 181 Å². The summed E-state index contributed by atoms with van der Waals surface area (Å²) >= 11 is 0. The Morgan fingerprint density at radius 3 is 1.75 bits per heavy atom. The lowest BCUT2D eigenvalue weighted by Gasteiger charge is -2.18. The number of phosphoric ester groups is 1. The van der Waals surface area contributed by atoms with Crippen LogP contribution >= 0.6 is 7.82 Å². The minimum absolute atomic E-state index is 0.110. The molecule has 0 spiro atoms. The van der Waals surface area contributed by atoms with E-state index in [-0.39, 0.29) is 25.2 Å². The van der Waals surface area contributed by atoms with Gasteiger partial charge in [0, 0.05) is 19.3 Å². The van der Waals surface area contributed by atoms with Gasteiger partial charge in [-0.3, -0.25) is 18.9 Å². The fourth-order valence-corrected chi connectivity index (χ4v) is 5.81. The van der Waals surface area contributed by atoms with Crippen LogP contribution in [0.1, 0.15) is 175 Å². The molecule has 1 atom stereocenters. The average Bonchev–Trinajstić information content (AvgIpc) is 3.09. The van der Waals surface area contributed by atoms with Crippen LogP contribution in [0.4, 0.5) is 0 Å². The Labute approximate surface area is 316 Å². The van der Waals surface area contributed by atoms with Crippen molar-refractivity contribution >= 4 is 25.5 Å². The first kappa shape index (κ1) is 49.7. The van der Waals surface area contributed by atoms with Crippen molar-refractivity contribution in [1.29, 1.82) is 0 Å². The first-order chi connectivity index (χ1) is 25.0. The molecule has 0 radical (unpaired) electrons. The summed E-state index contributed by atoms with van der Waals surface area (Å²) in [5, 5.41) is 0. The topological polar surface area (TPSA) is 136 Å². The van der Waals surface area contributed by atoms with Gasteiger partial charge in [-0.25, -0.2) is 4.57 Å². The fourth-order valence-electron chi connectivity index (χ4n) is 5.45. The van der Waals surface area contributed by atoms with Crippen molar-refractivity contribution in [3.8, 4) is 0 Å². The number of rotatable bonds is 36. The van der Waals surface area contributed by atoms with E-state index in [2.05, 4.69) is 25.3 Å². The summed E-state index contributed by atoms with van der Waals surface area (Å²) in [6, 6.07) is 0. The summed E-state index contributed by atoms with van der Waals surface area (Å²) in [6.07, 6.45) is 38.2. The van der Waals surface area contributed by atoms with Gasteiger partial charge in [0.15, 0.2) is 11.9 Å². The van der Waals surface area contributed by atoms with Gasteiger partial charge in [-0.2, -0.15) is 0 Å². The molecule has 0 aromatic carbocycles. The number of ketones is 1. The van der Waals surface area contributed by atoms with Crippen LogP contribution in [0.15, 0.2) is 48.6 Å². The average molecular weight is 753 g/mol. The molecule has 0 fully saturated rings. The number of esters is 2. The van der Waals surface area contributed by atoms with E-state index in [0.717, 1.165) is 57.3 Å². The quantitative estimate of drug-likeness (QED) is 0.0160. The molecule has 52 heavy (non-hydrogen) atoms. The molecule has 300 valence electrons. The predicted molar refractivity (Wildman–Crippen MR) is 212 cm³/mol. The van der Waals surface area contributed by atoms with Gasteiger partial charge in [0.05, 0.1) is 6.61 Å². The smallest absolute Gasteiger partial charge is 0.462 e. The normalized spacial score (nSPS) is 13.0. The Morgan fingerprint density at radius 2 is 1.15 bits per heavy atom. The van der Waals surface area contributed by atoms with E-state index in [9.17, 15) is 18.9 Å². The minimum atomic E-state index is -4.78. The van der Waals surface area contributed by atoms with Crippen molar-refractivity contribution in [3.05, 3.63) is 48.6 Å². The zero-order valence-electron chi connectivity index (χ0n) is 32.9. The van der Waals surface area contributed by atoms with E-state index in [1.807, 2.05) is 36.5 Å². The second-order valence-corrected chi connectivity index (χ2v) is 15.4. The number of carbonyl (C=O) groups excluding carboxylic acids is 3. The van der Waals surface area contributed by atoms with E-state index >= 15 is 0 Å². The summed E-state index contributed by atoms with van der Waals surface area (Å²) < 4.78 is 26.3. The second kappa shape index (κ2) is 35.7. The molecule has 9 nitrogen and oxygen atoms in total. The SMILES string of the molecule is CCCCCC(=O)/C=C/C=C\C/C=C\C/C=C\CCCC(=O)O[C@H](COC(=O)CCCCCCCCCCCCCCCC(C)C)COP(=O)(O)O. The molecule has 0 aromatic heterocycles. The van der Waals surface area contributed by atoms with Gasteiger partial charge in [-0.15, -0.1) is 0 Å². The van der Waals surface area contributed by atoms with Crippen LogP contribution in [0.5, 0.6) is 0 Å². The summed E-state index contributed by atoms with van der Waals surface area (Å²) in [4.78, 5) is 54.4. The highest BCUT2D eigenvalue weighted by molar-refractivity contribution is 7.46. The standard InChI is InChI=1S/C42H73O9P/c1-4-5-26-32-39(43)33-28-23-19-15-11-9-13-17-21-25-30-35-42(45)51-40(37-50-52(46,47)48)36-49-41(44)34-29-24-20-16-12-8-6-7-10-14-18-22-27-31-38(2)3/h9,11,17,19,21,23,28,33,38,40H,4-8,10,12-16,18,20,22,24-27,29-32,34-37H2,1-3H3,(H2,46,47,48)/b11-9-,21-17-,23-19-,33-28+/t40-/m1/s1. The zero-order chi connectivity index (χ0) is 38.5. The Morgan fingerprint density at radius 1 is 0.615 bits per heavy atom. The highest BCUT2D eigenvalue weighted by atomic mass is 31.2. The van der Waals surface area contributed by atoms with Crippen LogP contribution in [0.3, 0.4) is 0 Å². The summed E-state index contributed by atoms with van der Waals surface area (Å²) in [5.74, 6) is -0.00168. The van der Waals surface area contributed by atoms with Crippen LogP contribution in [-0.2, 0) is 32.9 Å². The van der Waals surface area contributed by atoms with Gasteiger partial charge in [0.2, 0.25) is 0 Å². The molecule has 0 bridgehead atoms. The van der Waals surface area contributed by atoms with Crippen molar-refractivity contribution in [2.24, 2.45) is 5.92 Å². The molecule has 0 unspecified atom stereocenters. The van der Waals surface area contributed by atoms with Crippen LogP contribution in [-0.4, -0.2) is 46.8 Å². The Bertz CT molecular complexity index is 1060. The molecule has 0 aliphatic rings. The third-order valence-electron chi connectivity index (χ3n) is 8.50. The second-order valence-electron chi connectivity index (χ2n) is 14.1. The van der Waals surface area contributed by atoms with E-state index in [0.29, 0.717) is 25.7 Å². The first-order valence-corrected chi connectivity index (χ1v) is 21.8. The number of unbranched alkanes of at least 4 members (excludes halogenated alkanes) is 15. The Hall–Kier alpha value is -2.32. The first-order valence-electron chi connectivity index (χ1n) is 20.2. The maximum absolute atomic E-state index is 12.4. The number of ether oxygens (including phenoxy) is 2. The lowest BCUT2D eigenvalue weighted by Crippen LogP contribution is -2.29. The molecule has 0 rings (SSSR count).